The zero-order valence-corrected chi connectivity index (χ0v) is 17.7. The van der Waals surface area contributed by atoms with E-state index in [1.165, 1.54) is 12.1 Å². The molecule has 1 aromatic carbocycles. The average Bonchev–Trinajstić information content (AvgIpc) is 3.29. The fourth-order valence-corrected chi connectivity index (χ4v) is 3.41. The van der Waals surface area contributed by atoms with Crippen molar-refractivity contribution in [3.05, 3.63) is 76.4 Å². The van der Waals surface area contributed by atoms with Crippen molar-refractivity contribution in [2.45, 2.75) is 26.0 Å². The van der Waals surface area contributed by atoms with Crippen molar-refractivity contribution < 1.29 is 14.2 Å². The van der Waals surface area contributed by atoms with Crippen molar-refractivity contribution in [1.29, 1.82) is 0 Å². The Morgan fingerprint density at radius 1 is 1.20 bits per heavy atom. The number of halogens is 1. The second-order valence-corrected chi connectivity index (χ2v) is 7.68. The van der Waals surface area contributed by atoms with Crippen LogP contribution >= 0.6 is 11.3 Å². The lowest BCUT2D eigenvalue weighted by Gasteiger charge is -2.24. The normalized spacial score (nSPS) is 13.5. The topological polar surface area (TPSA) is 78.8 Å². The van der Waals surface area contributed by atoms with E-state index in [1.54, 1.807) is 42.7 Å². The summed E-state index contributed by atoms with van der Waals surface area (Å²) in [6.45, 7) is 5.21. The van der Waals surface area contributed by atoms with Gasteiger partial charge in [0.1, 0.15) is 17.2 Å². The highest BCUT2D eigenvalue weighted by Gasteiger charge is 2.23. The molecule has 0 saturated heterocycles. The first-order valence-electron chi connectivity index (χ1n) is 9.62. The van der Waals surface area contributed by atoms with Crippen LogP contribution in [0.4, 0.5) is 4.39 Å². The molecule has 0 aliphatic rings. The number of guanidine groups is 1. The van der Waals surface area contributed by atoms with E-state index in [2.05, 4.69) is 20.6 Å². The number of thiophene rings is 1. The third-order valence-corrected chi connectivity index (χ3v) is 5.02. The maximum Gasteiger partial charge on any atom is 0.219 e. The highest BCUT2D eigenvalue weighted by molar-refractivity contribution is 7.08. The molecule has 0 aliphatic heterocycles. The number of nitrogens with one attached hydrogen (secondary N) is 2. The van der Waals surface area contributed by atoms with Crippen molar-refractivity contribution in [2.24, 2.45) is 4.99 Å². The molecule has 1 atom stereocenters. The van der Waals surface area contributed by atoms with Gasteiger partial charge in [0, 0.05) is 18.8 Å². The molecule has 0 fully saturated rings. The van der Waals surface area contributed by atoms with Crippen LogP contribution in [0.15, 0.2) is 64.4 Å². The summed E-state index contributed by atoms with van der Waals surface area (Å²) in [4.78, 5) is 8.83. The molecule has 2 aromatic heterocycles. The minimum absolute atomic E-state index is 0.314. The molecule has 2 heterocycles. The molecule has 0 radical (unpaired) electrons. The number of hydrogen-bond acceptors (Lipinski definition) is 5. The highest BCUT2D eigenvalue weighted by atomic mass is 32.1. The van der Waals surface area contributed by atoms with E-state index in [-0.39, 0.29) is 5.82 Å². The van der Waals surface area contributed by atoms with Gasteiger partial charge in [0.15, 0.2) is 5.96 Å². The van der Waals surface area contributed by atoms with Crippen molar-refractivity contribution in [3.8, 4) is 11.6 Å². The molecule has 0 saturated carbocycles. The van der Waals surface area contributed by atoms with E-state index >= 15 is 0 Å². The molecule has 1 unspecified atom stereocenters. The van der Waals surface area contributed by atoms with Crippen molar-refractivity contribution in [2.75, 3.05) is 13.1 Å². The number of benzene rings is 1. The molecule has 30 heavy (non-hydrogen) atoms. The summed E-state index contributed by atoms with van der Waals surface area (Å²) in [5, 5.41) is 20.9. The van der Waals surface area contributed by atoms with Gasteiger partial charge in [0.05, 0.1) is 13.1 Å². The predicted octanol–water partition coefficient (Wildman–Crippen LogP) is 4.04. The van der Waals surface area contributed by atoms with Gasteiger partial charge in [-0.1, -0.05) is 6.07 Å². The molecule has 0 amide bonds. The molecule has 0 aliphatic carbocycles. The van der Waals surface area contributed by atoms with Crippen LogP contribution in [0.3, 0.4) is 0 Å². The highest BCUT2D eigenvalue weighted by Crippen LogP contribution is 2.22. The number of aromatic nitrogens is 1. The first-order chi connectivity index (χ1) is 14.5. The third kappa shape index (κ3) is 6.27. The minimum atomic E-state index is -0.989. The van der Waals surface area contributed by atoms with Crippen LogP contribution in [0, 0.1) is 5.82 Å². The minimum Gasteiger partial charge on any atom is -0.439 e. The average molecular weight is 429 g/mol. The van der Waals surface area contributed by atoms with E-state index in [1.807, 2.05) is 29.8 Å². The molecule has 3 N–H and O–H groups in total. The number of nitrogens with zero attached hydrogens (tertiary/aromatic N) is 2. The van der Waals surface area contributed by atoms with Gasteiger partial charge in [-0.3, -0.25) is 0 Å². The fraction of sp³-hybridized carbons (Fsp3) is 0.273. The van der Waals surface area contributed by atoms with Gasteiger partial charge < -0.3 is 20.5 Å². The summed E-state index contributed by atoms with van der Waals surface area (Å²) < 4.78 is 18.6. The Labute approximate surface area is 179 Å². The fourth-order valence-electron chi connectivity index (χ4n) is 2.63. The Balaban J connectivity index is 1.58. The molecule has 8 heteroatoms. The monoisotopic (exact) mass is 428 g/mol. The van der Waals surface area contributed by atoms with Crippen LogP contribution in [0.25, 0.3) is 0 Å². The number of hydrogen-bond donors (Lipinski definition) is 3. The van der Waals surface area contributed by atoms with Crippen molar-refractivity contribution in [1.82, 2.24) is 15.6 Å². The van der Waals surface area contributed by atoms with Crippen LogP contribution in [-0.2, 0) is 12.1 Å². The summed E-state index contributed by atoms with van der Waals surface area (Å²) in [5.41, 5.74) is 0.789. The number of pyridine rings is 1. The Kier molecular flexibility index (Phi) is 7.37. The zero-order valence-electron chi connectivity index (χ0n) is 16.9. The van der Waals surface area contributed by atoms with Gasteiger partial charge in [-0.05, 0) is 66.1 Å². The summed E-state index contributed by atoms with van der Waals surface area (Å²) in [6, 6.07) is 11.3. The van der Waals surface area contributed by atoms with Crippen LogP contribution < -0.4 is 15.4 Å². The van der Waals surface area contributed by atoms with Gasteiger partial charge in [-0.15, -0.1) is 0 Å². The Morgan fingerprint density at radius 3 is 2.63 bits per heavy atom. The van der Waals surface area contributed by atoms with E-state index in [9.17, 15) is 9.50 Å². The number of aliphatic imine (C=N–C) groups is 1. The van der Waals surface area contributed by atoms with Crippen molar-refractivity contribution >= 4 is 17.3 Å². The zero-order chi connectivity index (χ0) is 21.4. The van der Waals surface area contributed by atoms with Crippen molar-refractivity contribution in [3.63, 3.8) is 0 Å². The van der Waals surface area contributed by atoms with Gasteiger partial charge >= 0.3 is 0 Å². The van der Waals surface area contributed by atoms with Crippen LogP contribution in [0.5, 0.6) is 11.6 Å². The number of rotatable bonds is 8. The van der Waals surface area contributed by atoms with E-state index in [0.29, 0.717) is 37.2 Å². The molecule has 3 rings (SSSR count). The van der Waals surface area contributed by atoms with Crippen LogP contribution in [0.1, 0.15) is 25.0 Å². The predicted molar refractivity (Wildman–Crippen MR) is 117 cm³/mol. The first-order valence-corrected chi connectivity index (χ1v) is 10.6. The summed E-state index contributed by atoms with van der Waals surface area (Å²) in [6.07, 6.45) is 1.69. The van der Waals surface area contributed by atoms with Crippen LogP contribution in [-0.4, -0.2) is 29.1 Å². The Morgan fingerprint density at radius 2 is 2.00 bits per heavy atom. The van der Waals surface area contributed by atoms with Crippen LogP contribution in [0.2, 0.25) is 0 Å². The van der Waals surface area contributed by atoms with Gasteiger partial charge in [-0.25, -0.2) is 14.4 Å². The lowest BCUT2D eigenvalue weighted by molar-refractivity contribution is 0.0621. The quantitative estimate of drug-likeness (QED) is 0.373. The second kappa shape index (κ2) is 10.2. The third-order valence-electron chi connectivity index (χ3n) is 4.34. The second-order valence-electron chi connectivity index (χ2n) is 6.90. The molecular formula is C22H25FN4O2S. The largest absolute Gasteiger partial charge is 0.439 e. The summed E-state index contributed by atoms with van der Waals surface area (Å²) >= 11 is 1.55. The van der Waals surface area contributed by atoms with Gasteiger partial charge in [0.2, 0.25) is 5.88 Å². The molecule has 158 valence electrons. The first kappa shape index (κ1) is 21.7. The molecule has 0 bridgehead atoms. The van der Waals surface area contributed by atoms with E-state index in [0.717, 1.165) is 11.1 Å². The number of aliphatic hydroxyl groups is 1. The standard InChI is InChI=1S/C22H25FN4O2S/c1-3-24-21(27-15-22(2,28)17-10-11-30-14-17)26-13-16-4-9-20(25-12-16)29-19-7-5-18(23)6-8-19/h4-12,14,28H,3,13,15H2,1-2H3,(H2,24,26,27). The van der Waals surface area contributed by atoms with E-state index in [4.69, 9.17) is 4.74 Å². The lowest BCUT2D eigenvalue weighted by Crippen LogP contribution is -2.44. The summed E-state index contributed by atoms with van der Waals surface area (Å²) in [7, 11) is 0. The molecule has 0 spiro atoms. The Bertz CT molecular complexity index is 942. The Hall–Kier alpha value is -2.97. The lowest BCUT2D eigenvalue weighted by atomic mass is 9.99. The number of ether oxygens (including phenoxy) is 1. The summed E-state index contributed by atoms with van der Waals surface area (Å²) in [5.74, 6) is 1.24. The smallest absolute Gasteiger partial charge is 0.219 e. The molecule has 3 aromatic rings. The maximum absolute atomic E-state index is 13.0. The molecule has 6 nitrogen and oxygen atoms in total. The molecular weight excluding hydrogens is 403 g/mol. The van der Waals surface area contributed by atoms with Gasteiger partial charge in [-0.2, -0.15) is 11.3 Å². The maximum atomic E-state index is 13.0. The SMILES string of the molecule is CCNC(=NCc1ccc(Oc2ccc(F)cc2)nc1)NCC(C)(O)c1ccsc1. The van der Waals surface area contributed by atoms with E-state index < -0.39 is 5.60 Å². The van der Waals surface area contributed by atoms with Gasteiger partial charge in [0.25, 0.3) is 0 Å².